The van der Waals surface area contributed by atoms with Crippen molar-refractivity contribution in [2.45, 2.75) is 68.3 Å². The minimum absolute atomic E-state index is 0.0379. The number of phenolic OH excluding ortho intramolecular Hbond substituents is 4. The third kappa shape index (κ3) is 5.67. The van der Waals surface area contributed by atoms with E-state index in [1.54, 1.807) is 0 Å². The van der Waals surface area contributed by atoms with Gasteiger partial charge in [-0.25, -0.2) is 0 Å². The molecule has 43 heavy (non-hydrogen) atoms. The highest BCUT2D eigenvalue weighted by Crippen LogP contribution is 2.39. The molecule has 0 bridgehead atoms. The second kappa shape index (κ2) is 11.8. The predicted molar refractivity (Wildman–Crippen MR) is 140 cm³/mol. The summed E-state index contributed by atoms with van der Waals surface area (Å²) in [6.45, 7) is 0.919. The van der Waals surface area contributed by atoms with E-state index >= 15 is 0 Å². The van der Waals surface area contributed by atoms with Crippen LogP contribution in [-0.2, 0) is 14.2 Å². The Labute approximate surface area is 241 Å². The van der Waals surface area contributed by atoms with Crippen LogP contribution in [0.5, 0.6) is 28.7 Å². The summed E-state index contributed by atoms with van der Waals surface area (Å²) in [6, 6.07) is 5.22. The number of rotatable bonds is 6. The van der Waals surface area contributed by atoms with Crippen LogP contribution in [0.2, 0.25) is 0 Å². The molecule has 10 atom stereocenters. The zero-order chi connectivity index (χ0) is 31.3. The minimum Gasteiger partial charge on any atom is -0.508 e. The second-order valence-corrected chi connectivity index (χ2v) is 10.3. The van der Waals surface area contributed by atoms with Gasteiger partial charge in [0.15, 0.2) is 23.5 Å². The van der Waals surface area contributed by atoms with Crippen LogP contribution >= 0.6 is 0 Å². The van der Waals surface area contributed by atoms with E-state index in [0.717, 1.165) is 24.3 Å². The van der Waals surface area contributed by atoms with Crippen LogP contribution in [0.4, 0.5) is 0 Å². The number of aromatic hydroxyl groups is 4. The van der Waals surface area contributed by atoms with Crippen molar-refractivity contribution in [2.24, 2.45) is 0 Å². The smallest absolute Gasteiger partial charge is 0.239 e. The molecule has 16 nitrogen and oxygen atoms in total. The maximum absolute atomic E-state index is 13.6. The lowest BCUT2D eigenvalue weighted by Gasteiger charge is -2.42. The first-order chi connectivity index (χ1) is 20.3. The Morgan fingerprint density at radius 2 is 1.42 bits per heavy atom. The normalized spacial score (nSPS) is 33.0. The first-order valence-electron chi connectivity index (χ1n) is 13.0. The lowest BCUT2D eigenvalue weighted by molar-refractivity contribution is -0.340. The van der Waals surface area contributed by atoms with Gasteiger partial charge in [0.25, 0.3) is 0 Å². The molecule has 10 unspecified atom stereocenters. The summed E-state index contributed by atoms with van der Waals surface area (Å²) in [7, 11) is 0. The fraction of sp³-hybridized carbons (Fsp3) is 0.444. The third-order valence-corrected chi connectivity index (χ3v) is 7.29. The number of benzene rings is 2. The molecule has 3 aromatic rings. The molecule has 0 amide bonds. The quantitative estimate of drug-likeness (QED) is 0.140. The van der Waals surface area contributed by atoms with Crippen LogP contribution in [0.3, 0.4) is 0 Å². The first-order valence-corrected chi connectivity index (χ1v) is 13.0. The SMILES string of the molecule is CC1OC(COC2OC(Oc3c(-c4ccc(O)c(O)c4)oc4cc(O)cc(O)c4c3=O)C(O)C(O)C2O)C(O)C(O)C1O. The van der Waals surface area contributed by atoms with Crippen LogP contribution in [0.15, 0.2) is 39.5 Å². The van der Waals surface area contributed by atoms with Gasteiger partial charge in [0.2, 0.25) is 17.5 Å². The molecule has 2 aliphatic rings. The number of hydrogen-bond donors (Lipinski definition) is 10. The molecule has 2 fully saturated rings. The Bertz CT molecular complexity index is 1540. The highest BCUT2D eigenvalue weighted by molar-refractivity contribution is 5.88. The van der Waals surface area contributed by atoms with Gasteiger partial charge >= 0.3 is 0 Å². The Morgan fingerprint density at radius 1 is 0.744 bits per heavy atom. The zero-order valence-corrected chi connectivity index (χ0v) is 22.3. The van der Waals surface area contributed by atoms with Crippen molar-refractivity contribution < 1.29 is 74.4 Å². The van der Waals surface area contributed by atoms with E-state index in [4.69, 9.17) is 23.4 Å². The second-order valence-electron chi connectivity index (χ2n) is 10.3. The molecule has 2 saturated heterocycles. The van der Waals surface area contributed by atoms with Gasteiger partial charge in [0.05, 0.1) is 12.7 Å². The number of fused-ring (bicyclic) bond motifs is 1. The molecule has 0 aliphatic carbocycles. The monoisotopic (exact) mass is 610 g/mol. The molecule has 16 heteroatoms. The van der Waals surface area contributed by atoms with Gasteiger partial charge in [0.1, 0.15) is 65.2 Å². The number of aliphatic hydroxyl groups is 6. The Balaban J connectivity index is 1.48. The highest BCUT2D eigenvalue weighted by Gasteiger charge is 2.48. The van der Waals surface area contributed by atoms with E-state index in [9.17, 15) is 55.9 Å². The molecule has 0 spiro atoms. The molecule has 2 aliphatic heterocycles. The molecular weight excluding hydrogens is 580 g/mol. The van der Waals surface area contributed by atoms with E-state index in [1.807, 2.05) is 0 Å². The van der Waals surface area contributed by atoms with Crippen LogP contribution in [0, 0.1) is 0 Å². The number of hydrogen-bond acceptors (Lipinski definition) is 16. The molecule has 1 aromatic heterocycles. The molecule has 10 N–H and O–H groups in total. The highest BCUT2D eigenvalue weighted by atomic mass is 16.8. The van der Waals surface area contributed by atoms with Crippen molar-refractivity contribution >= 4 is 11.0 Å². The Kier molecular flexibility index (Phi) is 8.41. The fourth-order valence-electron chi connectivity index (χ4n) is 4.86. The molecule has 0 radical (unpaired) electrons. The van der Waals surface area contributed by atoms with E-state index in [0.29, 0.717) is 0 Å². The lowest BCUT2D eigenvalue weighted by Crippen LogP contribution is -2.61. The van der Waals surface area contributed by atoms with Crippen LogP contribution in [0.25, 0.3) is 22.3 Å². The zero-order valence-electron chi connectivity index (χ0n) is 22.3. The lowest BCUT2D eigenvalue weighted by atomic mass is 9.96. The maximum Gasteiger partial charge on any atom is 0.239 e. The number of phenols is 4. The van der Waals surface area contributed by atoms with E-state index in [1.165, 1.54) is 13.0 Å². The van der Waals surface area contributed by atoms with Crippen molar-refractivity contribution in [3.8, 4) is 40.1 Å². The molecule has 2 aromatic carbocycles. The predicted octanol–water partition coefficient (Wildman–Crippen LogP) is -1.69. The molecule has 5 rings (SSSR count). The maximum atomic E-state index is 13.6. The first kappa shape index (κ1) is 30.7. The number of aliphatic hydroxyl groups excluding tert-OH is 6. The summed E-state index contributed by atoms with van der Waals surface area (Å²) in [5.41, 5.74) is -1.37. The Hall–Kier alpha value is -3.71. The van der Waals surface area contributed by atoms with E-state index in [2.05, 4.69) is 0 Å². The summed E-state index contributed by atoms with van der Waals surface area (Å²) in [5.74, 6) is -3.37. The molecular formula is C27H30O16. The number of ether oxygens (including phenoxy) is 4. The van der Waals surface area contributed by atoms with Gasteiger partial charge in [-0.2, -0.15) is 0 Å². The average molecular weight is 611 g/mol. The fourth-order valence-corrected chi connectivity index (χ4v) is 4.86. The van der Waals surface area contributed by atoms with Crippen LogP contribution < -0.4 is 10.2 Å². The molecule has 3 heterocycles. The summed E-state index contributed by atoms with van der Waals surface area (Å²) in [4.78, 5) is 13.6. The van der Waals surface area contributed by atoms with Gasteiger partial charge < -0.3 is 74.4 Å². The van der Waals surface area contributed by atoms with Gasteiger partial charge in [-0.3, -0.25) is 4.79 Å². The van der Waals surface area contributed by atoms with Crippen molar-refractivity contribution in [1.29, 1.82) is 0 Å². The van der Waals surface area contributed by atoms with Gasteiger partial charge in [-0.05, 0) is 25.1 Å². The topological polar surface area (TPSA) is 269 Å². The van der Waals surface area contributed by atoms with Gasteiger partial charge in [-0.1, -0.05) is 0 Å². The Morgan fingerprint density at radius 3 is 2.12 bits per heavy atom. The van der Waals surface area contributed by atoms with Crippen molar-refractivity contribution in [1.82, 2.24) is 0 Å². The molecule has 0 saturated carbocycles. The van der Waals surface area contributed by atoms with Crippen molar-refractivity contribution in [3.63, 3.8) is 0 Å². The van der Waals surface area contributed by atoms with E-state index in [-0.39, 0.29) is 11.1 Å². The van der Waals surface area contributed by atoms with Crippen molar-refractivity contribution in [2.75, 3.05) is 6.61 Å². The largest absolute Gasteiger partial charge is 0.508 e. The summed E-state index contributed by atoms with van der Waals surface area (Å²) in [6.07, 6.45) is -16.2. The minimum atomic E-state index is -1.99. The third-order valence-electron chi connectivity index (χ3n) is 7.29. The van der Waals surface area contributed by atoms with Gasteiger partial charge in [0, 0.05) is 17.7 Å². The summed E-state index contributed by atoms with van der Waals surface area (Å²) >= 11 is 0. The van der Waals surface area contributed by atoms with Crippen LogP contribution in [-0.4, -0.2) is 119 Å². The average Bonchev–Trinajstić information content (AvgIpc) is 2.96. The summed E-state index contributed by atoms with van der Waals surface area (Å²) in [5, 5.41) is 101. The standard InChI is InChI=1S/C27H30O16/c1-8-17(32)20(35)18(33)15(40-8)7-39-26-22(37)21(36)23(38)27(43-26)42-25-19(34)16-13(31)5-10(28)6-14(16)41-24(25)9-2-3-11(29)12(30)4-9/h2-6,8,15,17-18,20-23,26-33,35-38H,7H2,1H3. The van der Waals surface area contributed by atoms with E-state index < -0.39 is 113 Å². The van der Waals surface area contributed by atoms with Crippen LogP contribution in [0.1, 0.15) is 6.92 Å². The van der Waals surface area contributed by atoms with Gasteiger partial charge in [-0.15, -0.1) is 0 Å². The van der Waals surface area contributed by atoms with Crippen molar-refractivity contribution in [3.05, 3.63) is 40.6 Å². The summed E-state index contributed by atoms with van der Waals surface area (Å²) < 4.78 is 27.8. The molecule has 234 valence electrons.